The van der Waals surface area contributed by atoms with Gasteiger partial charge in [0, 0.05) is 11.6 Å². The van der Waals surface area contributed by atoms with Gasteiger partial charge in [-0.25, -0.2) is 9.18 Å². The number of hydrogen-bond donors (Lipinski definition) is 2. The van der Waals surface area contributed by atoms with Crippen molar-refractivity contribution in [3.63, 3.8) is 0 Å². The van der Waals surface area contributed by atoms with Crippen molar-refractivity contribution >= 4 is 34.1 Å². The zero-order valence-electron chi connectivity index (χ0n) is 18.3. The van der Waals surface area contributed by atoms with Gasteiger partial charge in [-0.05, 0) is 70.9 Å². The predicted molar refractivity (Wildman–Crippen MR) is 129 cm³/mol. The summed E-state index contributed by atoms with van der Waals surface area (Å²) < 4.78 is 29.4. The number of nitrogens with one attached hydrogen (secondary N) is 1. The molecule has 0 amide bonds. The van der Waals surface area contributed by atoms with Gasteiger partial charge in [-0.15, -0.1) is 5.10 Å². The number of aromatic nitrogens is 2. The van der Waals surface area contributed by atoms with E-state index in [0.29, 0.717) is 16.5 Å². The third-order valence-corrected chi connectivity index (χ3v) is 6.37. The van der Waals surface area contributed by atoms with Gasteiger partial charge < -0.3 is 5.11 Å². The van der Waals surface area contributed by atoms with Gasteiger partial charge in [0.2, 0.25) is 5.95 Å². The van der Waals surface area contributed by atoms with Crippen LogP contribution in [0.4, 0.5) is 8.78 Å². The van der Waals surface area contributed by atoms with E-state index in [1.807, 2.05) is 36.4 Å². The van der Waals surface area contributed by atoms with E-state index in [2.05, 4.69) is 10.2 Å². The van der Waals surface area contributed by atoms with Gasteiger partial charge in [0.1, 0.15) is 5.82 Å². The molecule has 1 saturated carbocycles. The van der Waals surface area contributed by atoms with Gasteiger partial charge in [-0.1, -0.05) is 55.0 Å². The van der Waals surface area contributed by atoms with E-state index < -0.39 is 11.9 Å². The highest BCUT2D eigenvalue weighted by atomic mass is 19.1. The number of carboxylic acid groups (broad SMARTS) is 1. The van der Waals surface area contributed by atoms with Gasteiger partial charge in [-0.2, -0.15) is 4.39 Å². The lowest BCUT2D eigenvalue weighted by Crippen LogP contribution is -2.16. The molecule has 0 aliphatic heterocycles. The van der Waals surface area contributed by atoms with E-state index in [9.17, 15) is 9.18 Å². The van der Waals surface area contributed by atoms with Crippen molar-refractivity contribution in [2.24, 2.45) is 5.92 Å². The van der Waals surface area contributed by atoms with E-state index in [0.717, 1.165) is 53.2 Å². The van der Waals surface area contributed by atoms with E-state index in [1.165, 1.54) is 12.1 Å². The standard InChI is InChI=1S/C28H22F2N2O2/c29-23-7-2-1-6-21(23)27(18-4-3-5-18)26(19-11-8-17(9-12-19)10-15-25(33)34)20-13-14-24-22(16-20)28(30)32-31-24/h1-2,6-16,18H,3-5H2,(H,31,32)(H,33,34). The van der Waals surface area contributed by atoms with E-state index in [-0.39, 0.29) is 11.7 Å². The van der Waals surface area contributed by atoms with E-state index in [4.69, 9.17) is 5.11 Å². The van der Waals surface area contributed by atoms with Crippen molar-refractivity contribution in [3.8, 4) is 0 Å². The summed E-state index contributed by atoms with van der Waals surface area (Å²) in [6, 6.07) is 19.6. The molecule has 0 spiro atoms. The molecule has 0 saturated heterocycles. The molecule has 34 heavy (non-hydrogen) atoms. The number of aromatic amines is 1. The number of hydrogen-bond acceptors (Lipinski definition) is 2. The Balaban J connectivity index is 1.76. The van der Waals surface area contributed by atoms with Crippen molar-refractivity contribution in [2.75, 3.05) is 0 Å². The number of rotatable bonds is 6. The summed E-state index contributed by atoms with van der Waals surface area (Å²) in [5, 5.41) is 15.6. The topological polar surface area (TPSA) is 66.0 Å². The first-order valence-corrected chi connectivity index (χ1v) is 11.2. The van der Waals surface area contributed by atoms with Gasteiger partial charge >= 0.3 is 5.97 Å². The molecule has 0 unspecified atom stereocenters. The molecule has 1 aromatic heterocycles. The maximum atomic E-state index is 15.1. The van der Waals surface area contributed by atoms with Crippen LogP contribution in [0.3, 0.4) is 0 Å². The Kier molecular flexibility index (Phi) is 5.80. The molecule has 1 aliphatic carbocycles. The largest absolute Gasteiger partial charge is 0.478 e. The molecule has 2 N–H and O–H groups in total. The smallest absolute Gasteiger partial charge is 0.328 e. The first kappa shape index (κ1) is 21.8. The van der Waals surface area contributed by atoms with Gasteiger partial charge in [0.25, 0.3) is 0 Å². The summed E-state index contributed by atoms with van der Waals surface area (Å²) in [6.45, 7) is 0. The third kappa shape index (κ3) is 4.15. The summed E-state index contributed by atoms with van der Waals surface area (Å²) >= 11 is 0. The quantitative estimate of drug-likeness (QED) is 0.251. The van der Waals surface area contributed by atoms with Crippen LogP contribution in [-0.4, -0.2) is 21.3 Å². The molecule has 0 radical (unpaired) electrons. The number of halogens is 2. The van der Waals surface area contributed by atoms with Crippen LogP contribution >= 0.6 is 0 Å². The highest BCUT2D eigenvalue weighted by molar-refractivity contribution is 6.01. The fraction of sp³-hybridized carbons (Fsp3) is 0.143. The van der Waals surface area contributed by atoms with Gasteiger partial charge in [-0.3, -0.25) is 5.10 Å². The molecule has 5 rings (SSSR count). The Hall–Kier alpha value is -4.06. The average molecular weight is 456 g/mol. The number of H-pyrrole nitrogens is 1. The van der Waals surface area contributed by atoms with Crippen molar-refractivity contribution in [1.82, 2.24) is 10.2 Å². The number of allylic oxidation sites excluding steroid dienone is 1. The van der Waals surface area contributed by atoms with Crippen molar-refractivity contribution in [2.45, 2.75) is 19.3 Å². The summed E-state index contributed by atoms with van der Waals surface area (Å²) in [5.41, 5.74) is 5.23. The molecule has 0 bridgehead atoms. The molecule has 1 heterocycles. The van der Waals surface area contributed by atoms with Crippen LogP contribution < -0.4 is 0 Å². The Labute approximate surface area is 195 Å². The van der Waals surface area contributed by atoms with Crippen molar-refractivity contribution < 1.29 is 18.7 Å². The summed E-state index contributed by atoms with van der Waals surface area (Å²) in [4.78, 5) is 10.9. The zero-order chi connectivity index (χ0) is 23.7. The Bertz CT molecular complexity index is 1430. The lowest BCUT2D eigenvalue weighted by molar-refractivity contribution is -0.131. The van der Waals surface area contributed by atoms with E-state index >= 15 is 4.39 Å². The summed E-state index contributed by atoms with van der Waals surface area (Å²) in [7, 11) is 0. The Morgan fingerprint density at radius 3 is 2.41 bits per heavy atom. The zero-order valence-corrected chi connectivity index (χ0v) is 18.3. The second kappa shape index (κ2) is 9.06. The van der Waals surface area contributed by atoms with Gasteiger partial charge in [0.05, 0.1) is 10.9 Å². The number of fused-ring (bicyclic) bond motifs is 1. The maximum absolute atomic E-state index is 15.1. The minimum atomic E-state index is -1.02. The molecule has 0 atom stereocenters. The highest BCUT2D eigenvalue weighted by Gasteiger charge is 2.29. The fourth-order valence-corrected chi connectivity index (χ4v) is 4.48. The molecular weight excluding hydrogens is 434 g/mol. The summed E-state index contributed by atoms with van der Waals surface area (Å²) in [5.74, 6) is -1.71. The number of benzene rings is 3. The summed E-state index contributed by atoms with van der Waals surface area (Å²) in [6.07, 6.45) is 5.58. The van der Waals surface area contributed by atoms with Gasteiger partial charge in [0.15, 0.2) is 0 Å². The Morgan fingerprint density at radius 1 is 1.00 bits per heavy atom. The van der Waals surface area contributed by atoms with Crippen LogP contribution in [0, 0.1) is 17.7 Å². The van der Waals surface area contributed by atoms with Crippen LogP contribution in [0.5, 0.6) is 0 Å². The van der Waals surface area contributed by atoms with Crippen molar-refractivity contribution in [1.29, 1.82) is 0 Å². The monoisotopic (exact) mass is 456 g/mol. The minimum absolute atomic E-state index is 0.184. The Morgan fingerprint density at radius 2 is 1.74 bits per heavy atom. The first-order valence-electron chi connectivity index (χ1n) is 11.2. The van der Waals surface area contributed by atoms with Crippen LogP contribution in [-0.2, 0) is 4.79 Å². The van der Waals surface area contributed by atoms with Crippen LogP contribution in [0.25, 0.3) is 28.1 Å². The maximum Gasteiger partial charge on any atom is 0.328 e. The minimum Gasteiger partial charge on any atom is -0.478 e. The van der Waals surface area contributed by atoms with Crippen LogP contribution in [0.1, 0.15) is 41.5 Å². The molecular formula is C28H22F2N2O2. The number of carboxylic acids is 1. The SMILES string of the molecule is O=C(O)C=Cc1ccc(C(=C(c2ccccc2F)C2CCC2)c2ccc3[nH]nc(F)c3c2)cc1. The lowest BCUT2D eigenvalue weighted by atomic mass is 9.73. The van der Waals surface area contributed by atoms with E-state index in [1.54, 1.807) is 24.3 Å². The molecule has 1 fully saturated rings. The molecule has 6 heteroatoms. The number of nitrogens with zero attached hydrogens (tertiary/aromatic N) is 1. The first-order chi connectivity index (χ1) is 16.5. The second-order valence-electron chi connectivity index (χ2n) is 8.46. The third-order valence-electron chi connectivity index (χ3n) is 6.37. The number of carbonyl (C=O) groups is 1. The normalized spacial score (nSPS) is 14.9. The molecule has 4 aromatic rings. The van der Waals surface area contributed by atoms with Crippen LogP contribution in [0.15, 0.2) is 72.8 Å². The number of aliphatic carboxylic acids is 1. The lowest BCUT2D eigenvalue weighted by Gasteiger charge is -2.32. The second-order valence-corrected chi connectivity index (χ2v) is 8.46. The molecule has 3 aromatic carbocycles. The predicted octanol–water partition coefficient (Wildman–Crippen LogP) is 6.70. The van der Waals surface area contributed by atoms with Crippen molar-refractivity contribution in [3.05, 3.63) is 107 Å². The molecule has 4 nitrogen and oxygen atoms in total. The molecule has 1 aliphatic rings. The molecule has 170 valence electrons. The average Bonchev–Trinajstić information content (AvgIpc) is 3.17. The van der Waals surface area contributed by atoms with Crippen LogP contribution in [0.2, 0.25) is 0 Å². The fourth-order valence-electron chi connectivity index (χ4n) is 4.48. The highest BCUT2D eigenvalue weighted by Crippen LogP contribution is 2.46.